The zero-order chi connectivity index (χ0) is 18.4. The molecule has 142 valence electrons. The molecule has 1 aromatic rings. The molecule has 0 aliphatic heterocycles. The maximum Gasteiger partial charge on any atom is 0.223 e. The van der Waals surface area contributed by atoms with Gasteiger partial charge >= 0.3 is 0 Å². The highest BCUT2D eigenvalue weighted by atomic mass is 16.2. The number of hydrogen-bond acceptors (Lipinski definition) is 2. The fraction of sp³-hybridized carbons (Fsp3) is 0.636. The summed E-state index contributed by atoms with van der Waals surface area (Å²) in [6.07, 6.45) is 9.31. The topological polar surface area (TPSA) is 58.2 Å². The average molecular weight is 357 g/mol. The Morgan fingerprint density at radius 2 is 1.42 bits per heavy atom. The first-order valence-corrected chi connectivity index (χ1v) is 10.3. The van der Waals surface area contributed by atoms with Gasteiger partial charge in [0.1, 0.15) is 0 Å². The zero-order valence-electron chi connectivity index (χ0n) is 15.9. The lowest BCUT2D eigenvalue weighted by atomic mass is 9.80. The van der Waals surface area contributed by atoms with Crippen molar-refractivity contribution in [2.45, 2.75) is 76.8 Å². The Hall–Kier alpha value is -1.84. The highest BCUT2D eigenvalue weighted by Gasteiger charge is 2.31. The number of carbonyl (C=O) groups is 2. The molecule has 2 saturated carbocycles. The lowest BCUT2D eigenvalue weighted by molar-refractivity contribution is -0.131. The lowest BCUT2D eigenvalue weighted by Crippen LogP contribution is -2.42. The SMILES string of the molecule is CC(NC(=O)C1CCC(C(=O)NC2CCCCC2)CC1)c1ccccc1. The van der Waals surface area contributed by atoms with E-state index in [9.17, 15) is 9.59 Å². The Balaban J connectivity index is 1.42. The quantitative estimate of drug-likeness (QED) is 0.834. The van der Waals surface area contributed by atoms with Gasteiger partial charge < -0.3 is 10.6 Å². The molecule has 0 bridgehead atoms. The first kappa shape index (κ1) is 18.9. The second kappa shape index (κ2) is 9.20. The fourth-order valence-corrected chi connectivity index (χ4v) is 4.34. The number of hydrogen-bond donors (Lipinski definition) is 2. The largest absolute Gasteiger partial charge is 0.353 e. The Bertz CT molecular complexity index is 587. The van der Waals surface area contributed by atoms with Crippen LogP contribution in [0.2, 0.25) is 0 Å². The third kappa shape index (κ3) is 5.09. The molecule has 0 heterocycles. The van der Waals surface area contributed by atoms with E-state index in [1.165, 1.54) is 19.3 Å². The minimum atomic E-state index is 0.0241. The van der Waals surface area contributed by atoms with Crippen LogP contribution in [0.3, 0.4) is 0 Å². The molecule has 2 N–H and O–H groups in total. The summed E-state index contributed by atoms with van der Waals surface area (Å²) >= 11 is 0. The molecule has 4 heteroatoms. The number of carbonyl (C=O) groups excluding carboxylic acids is 2. The number of amides is 2. The molecule has 1 aromatic carbocycles. The van der Waals surface area contributed by atoms with Crippen LogP contribution in [0.1, 0.15) is 76.3 Å². The molecule has 2 aliphatic carbocycles. The molecule has 0 spiro atoms. The Kier molecular flexibility index (Phi) is 6.70. The molecular weight excluding hydrogens is 324 g/mol. The monoisotopic (exact) mass is 356 g/mol. The van der Waals surface area contributed by atoms with Gasteiger partial charge in [0.2, 0.25) is 11.8 Å². The summed E-state index contributed by atoms with van der Waals surface area (Å²) in [6, 6.07) is 10.5. The van der Waals surface area contributed by atoms with Crippen molar-refractivity contribution >= 4 is 11.8 Å². The van der Waals surface area contributed by atoms with Gasteiger partial charge in [0.25, 0.3) is 0 Å². The van der Waals surface area contributed by atoms with Gasteiger partial charge in [0.15, 0.2) is 0 Å². The molecule has 3 rings (SSSR count). The van der Waals surface area contributed by atoms with Crippen LogP contribution in [-0.4, -0.2) is 17.9 Å². The summed E-state index contributed by atoms with van der Waals surface area (Å²) in [5.74, 6) is 0.480. The van der Waals surface area contributed by atoms with Gasteiger partial charge in [-0.1, -0.05) is 49.6 Å². The fourth-order valence-electron chi connectivity index (χ4n) is 4.34. The standard InChI is InChI=1S/C22H32N2O2/c1-16(17-8-4-2-5-9-17)23-21(25)18-12-14-19(15-13-18)22(26)24-20-10-6-3-7-11-20/h2,4-5,8-9,16,18-20H,3,6-7,10-15H2,1H3,(H,23,25)(H,24,26). The van der Waals surface area contributed by atoms with Crippen molar-refractivity contribution in [3.05, 3.63) is 35.9 Å². The number of benzene rings is 1. The van der Waals surface area contributed by atoms with Crippen molar-refractivity contribution in [2.75, 3.05) is 0 Å². The van der Waals surface area contributed by atoms with Crippen molar-refractivity contribution in [1.82, 2.24) is 10.6 Å². The van der Waals surface area contributed by atoms with Gasteiger partial charge in [-0.05, 0) is 51.0 Å². The minimum Gasteiger partial charge on any atom is -0.353 e. The molecule has 1 atom stereocenters. The molecule has 2 aliphatic rings. The van der Waals surface area contributed by atoms with Crippen molar-refractivity contribution in [1.29, 1.82) is 0 Å². The van der Waals surface area contributed by atoms with Crippen molar-refractivity contribution in [3.8, 4) is 0 Å². The second-order valence-electron chi connectivity index (χ2n) is 8.03. The minimum absolute atomic E-state index is 0.0241. The maximum atomic E-state index is 12.6. The van der Waals surface area contributed by atoms with Gasteiger partial charge in [-0.2, -0.15) is 0 Å². The Labute approximate surface area is 157 Å². The van der Waals surface area contributed by atoms with Gasteiger partial charge in [0, 0.05) is 17.9 Å². The van der Waals surface area contributed by atoms with Gasteiger partial charge in [0.05, 0.1) is 6.04 Å². The lowest BCUT2D eigenvalue weighted by Gasteiger charge is -2.30. The summed E-state index contributed by atoms with van der Waals surface area (Å²) in [7, 11) is 0. The van der Waals surface area contributed by atoms with Crippen molar-refractivity contribution < 1.29 is 9.59 Å². The highest BCUT2D eigenvalue weighted by Crippen LogP contribution is 2.30. The van der Waals surface area contributed by atoms with E-state index in [4.69, 9.17) is 0 Å². The van der Waals surface area contributed by atoms with E-state index in [1.807, 2.05) is 37.3 Å². The van der Waals surface area contributed by atoms with Crippen LogP contribution in [0, 0.1) is 11.8 Å². The molecule has 26 heavy (non-hydrogen) atoms. The predicted octanol–water partition coefficient (Wildman–Crippen LogP) is 4.12. The van der Waals surface area contributed by atoms with Gasteiger partial charge in [-0.3, -0.25) is 9.59 Å². The van der Waals surface area contributed by atoms with Gasteiger partial charge in [-0.25, -0.2) is 0 Å². The highest BCUT2D eigenvalue weighted by molar-refractivity contribution is 5.81. The van der Waals surface area contributed by atoms with E-state index >= 15 is 0 Å². The Morgan fingerprint density at radius 3 is 2.04 bits per heavy atom. The van der Waals surface area contributed by atoms with E-state index in [2.05, 4.69) is 10.6 Å². The van der Waals surface area contributed by atoms with Crippen LogP contribution >= 0.6 is 0 Å². The van der Waals surface area contributed by atoms with E-state index in [0.29, 0.717) is 6.04 Å². The number of nitrogens with one attached hydrogen (secondary N) is 2. The van der Waals surface area contributed by atoms with E-state index < -0.39 is 0 Å². The van der Waals surface area contributed by atoms with Crippen LogP contribution in [0.25, 0.3) is 0 Å². The molecule has 1 unspecified atom stereocenters. The summed E-state index contributed by atoms with van der Waals surface area (Å²) in [4.78, 5) is 25.1. The molecular formula is C22H32N2O2. The summed E-state index contributed by atoms with van der Waals surface area (Å²) < 4.78 is 0. The van der Waals surface area contributed by atoms with Crippen LogP contribution in [-0.2, 0) is 9.59 Å². The normalized spacial score (nSPS) is 25.3. The molecule has 0 saturated heterocycles. The summed E-state index contributed by atoms with van der Waals surface area (Å²) in [5.41, 5.74) is 1.13. The van der Waals surface area contributed by atoms with E-state index in [1.54, 1.807) is 0 Å². The maximum absolute atomic E-state index is 12.6. The molecule has 2 amide bonds. The molecule has 4 nitrogen and oxygen atoms in total. The van der Waals surface area contributed by atoms with Crippen LogP contribution in [0.4, 0.5) is 0 Å². The summed E-state index contributed by atoms with van der Waals surface area (Å²) in [6.45, 7) is 2.02. The van der Waals surface area contributed by atoms with E-state index in [-0.39, 0.29) is 29.7 Å². The molecule has 2 fully saturated rings. The predicted molar refractivity (Wildman–Crippen MR) is 103 cm³/mol. The van der Waals surface area contributed by atoms with Crippen LogP contribution in [0.5, 0.6) is 0 Å². The third-order valence-electron chi connectivity index (χ3n) is 6.08. The molecule has 0 aromatic heterocycles. The first-order valence-electron chi connectivity index (χ1n) is 10.3. The third-order valence-corrected chi connectivity index (χ3v) is 6.08. The van der Waals surface area contributed by atoms with Gasteiger partial charge in [-0.15, -0.1) is 0 Å². The zero-order valence-corrected chi connectivity index (χ0v) is 15.9. The average Bonchev–Trinajstić information content (AvgIpc) is 2.69. The van der Waals surface area contributed by atoms with Crippen LogP contribution in [0.15, 0.2) is 30.3 Å². The van der Waals surface area contributed by atoms with Crippen LogP contribution < -0.4 is 10.6 Å². The first-order chi connectivity index (χ1) is 12.6. The smallest absolute Gasteiger partial charge is 0.223 e. The Morgan fingerprint density at radius 1 is 0.846 bits per heavy atom. The van der Waals surface area contributed by atoms with Crippen molar-refractivity contribution in [2.24, 2.45) is 11.8 Å². The van der Waals surface area contributed by atoms with Crippen molar-refractivity contribution in [3.63, 3.8) is 0 Å². The second-order valence-corrected chi connectivity index (χ2v) is 8.03. The molecule has 0 radical (unpaired) electrons. The van der Waals surface area contributed by atoms with E-state index in [0.717, 1.165) is 44.1 Å². The summed E-state index contributed by atoms with van der Waals surface area (Å²) in [5, 5.41) is 6.38. The number of rotatable bonds is 5.